The quantitative estimate of drug-likeness (QED) is 0.519. The average molecular weight is 395 g/mol. The van der Waals surface area contributed by atoms with Gasteiger partial charge in [0.1, 0.15) is 15.9 Å². The third kappa shape index (κ3) is 3.20. The van der Waals surface area contributed by atoms with E-state index in [1.165, 1.54) is 11.3 Å². The molecule has 0 amide bonds. The van der Waals surface area contributed by atoms with Gasteiger partial charge in [0.05, 0.1) is 20.0 Å². The molecule has 3 heterocycles. The van der Waals surface area contributed by atoms with E-state index in [0.29, 0.717) is 18.1 Å². The molecule has 128 valence electrons. The zero-order valence-electron chi connectivity index (χ0n) is 13.1. The SMILES string of the molecule is COc1ccc(Cc2nnc3sc(Cn4cnc(Cl)c4Cl)nn23)cc1. The maximum absolute atomic E-state index is 6.09. The molecule has 0 unspecified atom stereocenters. The van der Waals surface area contributed by atoms with Gasteiger partial charge in [-0.2, -0.15) is 9.61 Å². The summed E-state index contributed by atoms with van der Waals surface area (Å²) in [6, 6.07) is 7.84. The van der Waals surface area contributed by atoms with Crippen molar-refractivity contribution in [2.24, 2.45) is 0 Å². The number of methoxy groups -OCH3 is 1. The molecule has 0 N–H and O–H groups in total. The highest BCUT2D eigenvalue weighted by molar-refractivity contribution is 7.16. The van der Waals surface area contributed by atoms with Gasteiger partial charge in [-0.3, -0.25) is 0 Å². The normalized spacial score (nSPS) is 11.3. The van der Waals surface area contributed by atoms with Gasteiger partial charge in [0.15, 0.2) is 11.0 Å². The largest absolute Gasteiger partial charge is 0.497 e. The monoisotopic (exact) mass is 394 g/mol. The summed E-state index contributed by atoms with van der Waals surface area (Å²) in [5.74, 6) is 1.60. The van der Waals surface area contributed by atoms with Crippen molar-refractivity contribution in [2.75, 3.05) is 7.11 Å². The summed E-state index contributed by atoms with van der Waals surface area (Å²) in [7, 11) is 1.65. The molecule has 7 nitrogen and oxygen atoms in total. The second-order valence-electron chi connectivity index (χ2n) is 5.29. The Morgan fingerprint density at radius 2 is 1.96 bits per heavy atom. The summed E-state index contributed by atoms with van der Waals surface area (Å²) >= 11 is 13.4. The number of halogens is 2. The first-order valence-corrected chi connectivity index (χ1v) is 8.90. The Balaban J connectivity index is 1.58. The number of hydrogen-bond donors (Lipinski definition) is 0. The van der Waals surface area contributed by atoms with Gasteiger partial charge in [-0.25, -0.2) is 4.98 Å². The Morgan fingerprint density at radius 3 is 2.64 bits per heavy atom. The first kappa shape index (κ1) is 16.3. The van der Waals surface area contributed by atoms with E-state index in [-0.39, 0.29) is 5.15 Å². The second kappa shape index (κ2) is 6.62. The number of rotatable bonds is 5. The van der Waals surface area contributed by atoms with Crippen LogP contribution in [0.3, 0.4) is 0 Å². The molecule has 0 aliphatic rings. The molecule has 0 radical (unpaired) electrons. The molecule has 4 rings (SSSR count). The van der Waals surface area contributed by atoms with Gasteiger partial charge < -0.3 is 9.30 Å². The van der Waals surface area contributed by atoms with Crippen molar-refractivity contribution in [3.8, 4) is 5.75 Å². The Hall–Kier alpha value is -2.16. The number of fused-ring (bicyclic) bond motifs is 1. The molecule has 0 saturated heterocycles. The fourth-order valence-corrected chi connectivity index (χ4v) is 3.55. The van der Waals surface area contributed by atoms with Gasteiger partial charge in [0.2, 0.25) is 4.96 Å². The summed E-state index contributed by atoms with van der Waals surface area (Å²) in [6.45, 7) is 0.481. The van der Waals surface area contributed by atoms with Crippen molar-refractivity contribution in [1.29, 1.82) is 0 Å². The number of hydrogen-bond acceptors (Lipinski definition) is 6. The van der Waals surface area contributed by atoms with Crippen LogP contribution in [0.2, 0.25) is 10.3 Å². The molecule has 0 aliphatic carbocycles. The fourth-order valence-electron chi connectivity index (χ4n) is 2.40. The van der Waals surface area contributed by atoms with E-state index in [1.807, 2.05) is 24.3 Å². The van der Waals surface area contributed by atoms with Crippen LogP contribution in [0.4, 0.5) is 0 Å². The van der Waals surface area contributed by atoms with Crippen LogP contribution >= 0.6 is 34.5 Å². The topological polar surface area (TPSA) is 70.1 Å². The second-order valence-corrected chi connectivity index (χ2v) is 7.04. The Morgan fingerprint density at radius 1 is 1.16 bits per heavy atom. The Bertz CT molecular complexity index is 1020. The zero-order valence-corrected chi connectivity index (χ0v) is 15.4. The molecule has 25 heavy (non-hydrogen) atoms. The molecular weight excluding hydrogens is 383 g/mol. The minimum Gasteiger partial charge on any atom is -0.497 e. The lowest BCUT2D eigenvalue weighted by Gasteiger charge is -2.02. The first-order valence-electron chi connectivity index (χ1n) is 7.33. The van der Waals surface area contributed by atoms with Crippen LogP contribution in [0.1, 0.15) is 16.4 Å². The highest BCUT2D eigenvalue weighted by Gasteiger charge is 2.14. The van der Waals surface area contributed by atoms with E-state index >= 15 is 0 Å². The Kier molecular flexibility index (Phi) is 4.32. The minimum atomic E-state index is 0.282. The Labute approximate surface area is 156 Å². The molecule has 0 aliphatic heterocycles. The van der Waals surface area contributed by atoms with E-state index in [2.05, 4.69) is 20.3 Å². The van der Waals surface area contributed by atoms with Gasteiger partial charge in [-0.15, -0.1) is 10.2 Å². The van der Waals surface area contributed by atoms with Gasteiger partial charge in [0, 0.05) is 6.42 Å². The van der Waals surface area contributed by atoms with Crippen molar-refractivity contribution in [1.82, 2.24) is 29.4 Å². The van der Waals surface area contributed by atoms with Gasteiger partial charge in [-0.05, 0) is 17.7 Å². The smallest absolute Gasteiger partial charge is 0.234 e. The third-order valence-corrected chi connectivity index (χ3v) is 5.31. The molecule has 0 bridgehead atoms. The summed E-state index contributed by atoms with van der Waals surface area (Å²) < 4.78 is 8.67. The van der Waals surface area contributed by atoms with E-state index in [4.69, 9.17) is 27.9 Å². The van der Waals surface area contributed by atoms with E-state index < -0.39 is 0 Å². The highest BCUT2D eigenvalue weighted by Crippen LogP contribution is 2.23. The van der Waals surface area contributed by atoms with Crippen LogP contribution in [0, 0.1) is 0 Å². The van der Waals surface area contributed by atoms with Gasteiger partial charge in [0.25, 0.3) is 0 Å². The molecule has 0 spiro atoms. The lowest BCUT2D eigenvalue weighted by atomic mass is 10.1. The molecule has 10 heteroatoms. The number of benzene rings is 1. The van der Waals surface area contributed by atoms with Gasteiger partial charge in [-0.1, -0.05) is 46.7 Å². The average Bonchev–Trinajstić information content (AvgIpc) is 3.28. The summed E-state index contributed by atoms with van der Waals surface area (Å²) in [5, 5.41) is 14.5. The summed E-state index contributed by atoms with van der Waals surface area (Å²) in [5.41, 5.74) is 1.11. The first-order chi connectivity index (χ1) is 12.1. The van der Waals surface area contributed by atoms with Crippen LogP contribution in [0.25, 0.3) is 4.96 Å². The highest BCUT2D eigenvalue weighted by atomic mass is 35.5. The number of imidazole rings is 1. The number of nitrogens with zero attached hydrogens (tertiary/aromatic N) is 6. The molecule has 3 aromatic heterocycles. The molecule has 4 aromatic rings. The van der Waals surface area contributed by atoms with Crippen molar-refractivity contribution in [3.63, 3.8) is 0 Å². The van der Waals surface area contributed by atoms with Crippen LogP contribution < -0.4 is 4.74 Å². The summed E-state index contributed by atoms with van der Waals surface area (Å²) in [6.07, 6.45) is 2.22. The molecule has 0 saturated carbocycles. The zero-order chi connectivity index (χ0) is 17.4. The third-order valence-electron chi connectivity index (χ3n) is 3.66. The standard InChI is InChI=1S/C15H12Cl2N6OS/c1-24-10-4-2-9(3-5-10)6-11-19-20-15-23(11)21-12(25-15)7-22-8-18-13(16)14(22)17/h2-5,8H,6-7H2,1H3. The van der Waals surface area contributed by atoms with Crippen LogP contribution in [0.5, 0.6) is 5.75 Å². The predicted molar refractivity (Wildman–Crippen MR) is 95.8 cm³/mol. The van der Waals surface area contributed by atoms with Gasteiger partial charge >= 0.3 is 0 Å². The lowest BCUT2D eigenvalue weighted by Crippen LogP contribution is -2.01. The maximum atomic E-state index is 6.09. The minimum absolute atomic E-state index is 0.282. The van der Waals surface area contributed by atoms with Crippen LogP contribution in [0.15, 0.2) is 30.6 Å². The number of aromatic nitrogens is 6. The van der Waals surface area contributed by atoms with Crippen molar-refractivity contribution < 1.29 is 4.74 Å². The van der Waals surface area contributed by atoms with Crippen LogP contribution in [-0.4, -0.2) is 36.5 Å². The fraction of sp³-hybridized carbons (Fsp3) is 0.200. The van der Waals surface area contributed by atoms with Crippen molar-refractivity contribution in [3.05, 3.63) is 57.3 Å². The molecule has 1 aromatic carbocycles. The van der Waals surface area contributed by atoms with E-state index in [1.54, 1.807) is 22.5 Å². The lowest BCUT2D eigenvalue weighted by molar-refractivity contribution is 0.414. The summed E-state index contributed by atoms with van der Waals surface area (Å²) in [4.78, 5) is 4.71. The van der Waals surface area contributed by atoms with Crippen LogP contribution in [-0.2, 0) is 13.0 Å². The van der Waals surface area contributed by atoms with E-state index in [9.17, 15) is 0 Å². The molecular formula is C15H12Cl2N6OS. The van der Waals surface area contributed by atoms with E-state index in [0.717, 1.165) is 27.1 Å². The maximum Gasteiger partial charge on any atom is 0.234 e. The predicted octanol–water partition coefficient (Wildman–Crippen LogP) is 3.34. The molecule has 0 atom stereocenters. The molecule has 0 fully saturated rings. The van der Waals surface area contributed by atoms with Crippen molar-refractivity contribution >= 4 is 39.5 Å². The number of ether oxygens (including phenoxy) is 1. The van der Waals surface area contributed by atoms with Crippen molar-refractivity contribution in [2.45, 2.75) is 13.0 Å².